The molecule has 0 unspecified atom stereocenters. The molecule has 0 saturated carbocycles. The summed E-state index contributed by atoms with van der Waals surface area (Å²) in [5.41, 5.74) is -0.0331. The van der Waals surface area contributed by atoms with E-state index < -0.39 is 5.97 Å². The van der Waals surface area contributed by atoms with E-state index in [1.165, 1.54) is 7.11 Å². The van der Waals surface area contributed by atoms with E-state index in [4.69, 9.17) is 4.74 Å². The van der Waals surface area contributed by atoms with Crippen molar-refractivity contribution in [2.45, 2.75) is 65.9 Å². The van der Waals surface area contributed by atoms with E-state index in [9.17, 15) is 9.59 Å². The van der Waals surface area contributed by atoms with Gasteiger partial charge in [-0.2, -0.15) is 4.89 Å². The Morgan fingerprint density at radius 1 is 1.00 bits per heavy atom. The Hall–Kier alpha value is -1.14. The molecule has 0 aromatic heterocycles. The number of rotatable bonds is 10. The summed E-state index contributed by atoms with van der Waals surface area (Å²) in [4.78, 5) is 31.2. The third kappa shape index (κ3) is 12.6. The highest BCUT2D eigenvalue weighted by Gasteiger charge is 2.20. The van der Waals surface area contributed by atoms with Gasteiger partial charge in [0.25, 0.3) is 0 Å². The van der Waals surface area contributed by atoms with Crippen molar-refractivity contribution in [1.82, 2.24) is 5.32 Å². The van der Waals surface area contributed by atoms with Crippen molar-refractivity contribution in [2.24, 2.45) is 5.41 Å². The Balaban J connectivity index is 3.83. The van der Waals surface area contributed by atoms with E-state index in [0.717, 1.165) is 12.8 Å². The molecule has 0 rings (SSSR count). The SMILES string of the molecule is COOC(=O)CCC(=O)NCCC(C)(C)CCOC(C)(C)C. The van der Waals surface area contributed by atoms with Crippen LogP contribution in [0.15, 0.2) is 0 Å². The van der Waals surface area contributed by atoms with Gasteiger partial charge in [-0.15, -0.1) is 0 Å². The van der Waals surface area contributed by atoms with Crippen LogP contribution in [0.2, 0.25) is 0 Å². The van der Waals surface area contributed by atoms with E-state index in [0.29, 0.717) is 13.2 Å². The maximum absolute atomic E-state index is 11.6. The first kappa shape index (κ1) is 20.9. The Bertz CT molecular complexity index is 347. The first-order valence-electron chi connectivity index (χ1n) is 7.70. The lowest BCUT2D eigenvalue weighted by atomic mass is 9.86. The van der Waals surface area contributed by atoms with Crippen molar-refractivity contribution in [2.75, 3.05) is 20.3 Å². The normalized spacial score (nSPS) is 12.1. The second-order valence-corrected chi connectivity index (χ2v) is 7.10. The fourth-order valence-corrected chi connectivity index (χ4v) is 1.74. The summed E-state index contributed by atoms with van der Waals surface area (Å²) in [7, 11) is 1.25. The lowest BCUT2D eigenvalue weighted by Crippen LogP contribution is -2.29. The molecular weight excluding hydrogens is 286 g/mol. The Morgan fingerprint density at radius 3 is 2.18 bits per heavy atom. The second kappa shape index (κ2) is 9.79. The third-order valence-electron chi connectivity index (χ3n) is 3.17. The molecule has 0 fully saturated rings. The fraction of sp³-hybridized carbons (Fsp3) is 0.875. The summed E-state index contributed by atoms with van der Waals surface area (Å²) in [5.74, 6) is -0.702. The van der Waals surface area contributed by atoms with Gasteiger partial charge in [0.15, 0.2) is 0 Å². The molecule has 0 aromatic rings. The molecule has 22 heavy (non-hydrogen) atoms. The summed E-state index contributed by atoms with van der Waals surface area (Å²) in [6, 6.07) is 0. The maximum atomic E-state index is 11.6. The van der Waals surface area contributed by atoms with Crippen LogP contribution in [0.25, 0.3) is 0 Å². The van der Waals surface area contributed by atoms with Crippen molar-refractivity contribution in [3.05, 3.63) is 0 Å². The van der Waals surface area contributed by atoms with Gasteiger partial charge in [-0.3, -0.25) is 9.68 Å². The Kier molecular flexibility index (Phi) is 9.28. The first-order valence-corrected chi connectivity index (χ1v) is 7.70. The van der Waals surface area contributed by atoms with Crippen molar-refractivity contribution in [1.29, 1.82) is 0 Å². The van der Waals surface area contributed by atoms with Gasteiger partial charge in [0.1, 0.15) is 0 Å². The molecule has 0 aliphatic heterocycles. The van der Waals surface area contributed by atoms with Crippen molar-refractivity contribution in [3.8, 4) is 0 Å². The van der Waals surface area contributed by atoms with Crippen LogP contribution < -0.4 is 5.32 Å². The minimum atomic E-state index is -0.544. The van der Waals surface area contributed by atoms with Crippen molar-refractivity contribution >= 4 is 11.9 Å². The van der Waals surface area contributed by atoms with Crippen molar-refractivity contribution < 1.29 is 24.1 Å². The van der Waals surface area contributed by atoms with Gasteiger partial charge in [0.2, 0.25) is 5.91 Å². The highest BCUT2D eigenvalue weighted by atomic mass is 17.2. The fourth-order valence-electron chi connectivity index (χ4n) is 1.74. The Labute approximate surface area is 133 Å². The van der Waals surface area contributed by atoms with Crippen LogP contribution in [0.1, 0.15) is 60.3 Å². The average Bonchev–Trinajstić information content (AvgIpc) is 2.34. The third-order valence-corrected chi connectivity index (χ3v) is 3.17. The number of nitrogens with one attached hydrogen (secondary N) is 1. The van der Waals surface area contributed by atoms with Crippen LogP contribution in [-0.4, -0.2) is 37.7 Å². The second-order valence-electron chi connectivity index (χ2n) is 7.10. The van der Waals surface area contributed by atoms with Crippen LogP contribution in [0.3, 0.4) is 0 Å². The quantitative estimate of drug-likeness (QED) is 0.495. The molecule has 6 nitrogen and oxygen atoms in total. The molecule has 0 bridgehead atoms. The molecule has 0 aliphatic carbocycles. The van der Waals surface area contributed by atoms with E-state index in [1.54, 1.807) is 0 Å². The summed E-state index contributed by atoms with van der Waals surface area (Å²) in [5, 5.41) is 2.81. The number of amides is 1. The summed E-state index contributed by atoms with van der Waals surface area (Å²) >= 11 is 0. The molecule has 0 aromatic carbocycles. The van der Waals surface area contributed by atoms with E-state index in [2.05, 4.69) is 28.9 Å². The Morgan fingerprint density at radius 2 is 1.64 bits per heavy atom. The molecule has 0 spiro atoms. The topological polar surface area (TPSA) is 73.9 Å². The van der Waals surface area contributed by atoms with Crippen LogP contribution in [-0.2, 0) is 24.1 Å². The van der Waals surface area contributed by atoms with E-state index >= 15 is 0 Å². The van der Waals surface area contributed by atoms with Crippen LogP contribution >= 0.6 is 0 Å². The molecule has 0 saturated heterocycles. The number of carbonyl (C=O) groups excluding carboxylic acids is 2. The molecule has 130 valence electrons. The van der Waals surface area contributed by atoms with Crippen LogP contribution in [0, 0.1) is 5.41 Å². The molecular formula is C16H31NO5. The molecule has 0 heterocycles. The van der Waals surface area contributed by atoms with Crippen LogP contribution in [0.4, 0.5) is 0 Å². The van der Waals surface area contributed by atoms with E-state index in [-0.39, 0.29) is 29.8 Å². The number of carbonyl (C=O) groups is 2. The smallest absolute Gasteiger partial charge is 0.342 e. The zero-order chi connectivity index (χ0) is 17.2. The van der Waals surface area contributed by atoms with Gasteiger partial charge >= 0.3 is 5.97 Å². The standard InChI is InChI=1S/C16H31NO5/c1-15(2,3)21-12-10-16(4,5)9-11-17-13(18)7-8-14(19)22-20-6/h7-12H2,1-6H3,(H,17,18). The molecule has 1 N–H and O–H groups in total. The maximum Gasteiger partial charge on any atom is 0.342 e. The highest BCUT2D eigenvalue weighted by Crippen LogP contribution is 2.25. The molecule has 0 aliphatic rings. The average molecular weight is 317 g/mol. The number of hydrogen-bond donors (Lipinski definition) is 1. The lowest BCUT2D eigenvalue weighted by Gasteiger charge is -2.27. The van der Waals surface area contributed by atoms with Gasteiger partial charge < -0.3 is 10.1 Å². The van der Waals surface area contributed by atoms with Crippen LogP contribution in [0.5, 0.6) is 0 Å². The molecule has 1 amide bonds. The first-order chi connectivity index (χ1) is 10.1. The van der Waals surface area contributed by atoms with Gasteiger partial charge in [-0.25, -0.2) is 4.79 Å². The van der Waals surface area contributed by atoms with Gasteiger partial charge in [-0.1, -0.05) is 13.8 Å². The minimum absolute atomic E-state index is 0.0164. The van der Waals surface area contributed by atoms with Crippen molar-refractivity contribution in [3.63, 3.8) is 0 Å². The zero-order valence-electron chi connectivity index (χ0n) is 14.8. The lowest BCUT2D eigenvalue weighted by molar-refractivity contribution is -0.255. The summed E-state index contributed by atoms with van der Waals surface area (Å²) in [6.45, 7) is 11.7. The predicted octanol–water partition coefficient (Wildman–Crippen LogP) is 2.61. The van der Waals surface area contributed by atoms with Gasteiger partial charge in [0, 0.05) is 19.6 Å². The van der Waals surface area contributed by atoms with Gasteiger partial charge in [-0.05, 0) is 39.0 Å². The predicted molar refractivity (Wildman–Crippen MR) is 84.1 cm³/mol. The summed E-state index contributed by atoms with van der Waals surface area (Å²) in [6.07, 6.45) is 1.91. The highest BCUT2D eigenvalue weighted by molar-refractivity contribution is 5.80. The number of hydrogen-bond acceptors (Lipinski definition) is 5. The molecule has 0 radical (unpaired) electrons. The summed E-state index contributed by atoms with van der Waals surface area (Å²) < 4.78 is 5.73. The minimum Gasteiger partial charge on any atom is -0.376 e. The van der Waals surface area contributed by atoms with Gasteiger partial charge in [0.05, 0.1) is 19.1 Å². The molecule has 0 atom stereocenters. The number of ether oxygens (including phenoxy) is 1. The molecule has 6 heteroatoms. The largest absolute Gasteiger partial charge is 0.376 e. The monoisotopic (exact) mass is 317 g/mol. The zero-order valence-corrected chi connectivity index (χ0v) is 14.8. The van der Waals surface area contributed by atoms with E-state index in [1.807, 2.05) is 20.8 Å².